The van der Waals surface area contributed by atoms with Crippen LogP contribution in [0.4, 0.5) is 10.1 Å². The molecule has 0 saturated carbocycles. The van der Waals surface area contributed by atoms with Gasteiger partial charge in [-0.05, 0) is 54.8 Å². The molecule has 204 valence electrons. The van der Waals surface area contributed by atoms with E-state index in [0.717, 1.165) is 39.1 Å². The minimum atomic E-state index is -4.11. The monoisotopic (exact) mass is 536 g/mol. The van der Waals surface area contributed by atoms with E-state index >= 15 is 0 Å². The highest BCUT2D eigenvalue weighted by Gasteiger charge is 2.33. The summed E-state index contributed by atoms with van der Waals surface area (Å²) < 4.78 is 46.9. The highest BCUT2D eigenvalue weighted by Crippen LogP contribution is 2.22. The molecule has 0 bridgehead atoms. The van der Waals surface area contributed by atoms with Crippen molar-refractivity contribution in [2.75, 3.05) is 38.6 Å². The number of amides is 2. The Hall–Kier alpha value is -3.18. The molecule has 11 heteroatoms. The number of rotatable bonds is 14. The van der Waals surface area contributed by atoms with Gasteiger partial charge in [0.05, 0.1) is 12.8 Å². The Labute approximate surface area is 219 Å². The van der Waals surface area contributed by atoms with Gasteiger partial charge in [-0.3, -0.25) is 9.59 Å². The van der Waals surface area contributed by atoms with Crippen molar-refractivity contribution >= 4 is 27.7 Å². The number of nitrogens with zero attached hydrogens (tertiary/aromatic N) is 3. The minimum absolute atomic E-state index is 0.0851. The fourth-order valence-corrected chi connectivity index (χ4v) is 4.73. The summed E-state index contributed by atoms with van der Waals surface area (Å²) in [6.45, 7) is 3.81. The van der Waals surface area contributed by atoms with Crippen LogP contribution in [0.25, 0.3) is 0 Å². The van der Waals surface area contributed by atoms with Gasteiger partial charge in [-0.2, -0.15) is 12.7 Å². The summed E-state index contributed by atoms with van der Waals surface area (Å²) in [5.74, 6) is -0.761. The van der Waals surface area contributed by atoms with Gasteiger partial charge >= 0.3 is 10.2 Å². The number of unbranched alkanes of at least 4 members (excludes halogenated alkanes) is 1. The molecule has 2 aromatic carbocycles. The first kappa shape index (κ1) is 30.0. The third-order valence-corrected chi connectivity index (χ3v) is 7.68. The highest BCUT2D eigenvalue weighted by atomic mass is 32.2. The second-order valence-electron chi connectivity index (χ2n) is 8.71. The van der Waals surface area contributed by atoms with Gasteiger partial charge in [-0.25, -0.2) is 8.70 Å². The maximum Gasteiger partial charge on any atom is 0.304 e. The Kier molecular flexibility index (Phi) is 11.3. The predicted molar refractivity (Wildman–Crippen MR) is 142 cm³/mol. The normalized spacial score (nSPS) is 12.2. The second-order valence-corrected chi connectivity index (χ2v) is 10.8. The molecule has 0 saturated heterocycles. The molecule has 2 amide bonds. The van der Waals surface area contributed by atoms with E-state index in [9.17, 15) is 22.4 Å². The standard InChI is InChI=1S/C26H37FN4O5S/c1-6-8-17-28-26(33)24(7-2)30(18-20-9-15-23(36-5)16-10-20)25(32)19-31(37(34,35)29(3)4)22-13-11-21(27)12-14-22/h9-16,24H,6-8,17-19H2,1-5H3,(H,28,33)/t24-/m0/s1. The fraction of sp³-hybridized carbons (Fsp3) is 0.462. The summed E-state index contributed by atoms with van der Waals surface area (Å²) in [5.41, 5.74) is 0.881. The van der Waals surface area contributed by atoms with E-state index in [1.807, 2.05) is 6.92 Å². The molecule has 2 aromatic rings. The third-order valence-electron chi connectivity index (χ3n) is 5.86. The molecule has 0 unspecified atom stereocenters. The largest absolute Gasteiger partial charge is 0.497 e. The molecule has 1 atom stereocenters. The van der Waals surface area contributed by atoms with Crippen molar-refractivity contribution in [2.45, 2.75) is 45.7 Å². The second kappa shape index (κ2) is 13.9. The number of hydrogen-bond donors (Lipinski definition) is 1. The minimum Gasteiger partial charge on any atom is -0.497 e. The van der Waals surface area contributed by atoms with Crippen LogP contribution in [0, 0.1) is 5.82 Å². The first-order chi connectivity index (χ1) is 17.5. The van der Waals surface area contributed by atoms with Crippen molar-refractivity contribution < 1.29 is 27.1 Å². The van der Waals surface area contributed by atoms with E-state index < -0.39 is 34.5 Å². The van der Waals surface area contributed by atoms with Crippen LogP contribution in [0.2, 0.25) is 0 Å². The quantitative estimate of drug-likeness (QED) is 0.374. The molecule has 0 spiro atoms. The lowest BCUT2D eigenvalue weighted by molar-refractivity contribution is -0.140. The maximum absolute atomic E-state index is 13.7. The third kappa shape index (κ3) is 8.16. The average molecular weight is 537 g/mol. The number of anilines is 1. The first-order valence-electron chi connectivity index (χ1n) is 12.2. The van der Waals surface area contributed by atoms with Gasteiger partial charge in [0.1, 0.15) is 24.2 Å². The van der Waals surface area contributed by atoms with Crippen LogP contribution in [-0.2, 0) is 26.3 Å². The van der Waals surface area contributed by atoms with Crippen LogP contribution in [-0.4, -0.2) is 69.8 Å². The lowest BCUT2D eigenvalue weighted by atomic mass is 10.1. The van der Waals surface area contributed by atoms with Crippen LogP contribution in [0.15, 0.2) is 48.5 Å². The number of carbonyl (C=O) groups excluding carboxylic acids is 2. The predicted octanol–water partition coefficient (Wildman–Crippen LogP) is 3.17. The van der Waals surface area contributed by atoms with E-state index in [2.05, 4.69) is 5.32 Å². The van der Waals surface area contributed by atoms with Gasteiger partial charge in [0.15, 0.2) is 0 Å². The highest BCUT2D eigenvalue weighted by molar-refractivity contribution is 7.90. The van der Waals surface area contributed by atoms with Gasteiger partial charge in [0.2, 0.25) is 11.8 Å². The van der Waals surface area contributed by atoms with Gasteiger partial charge in [0.25, 0.3) is 0 Å². The molecule has 0 radical (unpaired) electrons. The average Bonchev–Trinajstić information content (AvgIpc) is 2.88. The number of halogens is 1. The Morgan fingerprint density at radius 1 is 1.03 bits per heavy atom. The van der Waals surface area contributed by atoms with Crippen LogP contribution >= 0.6 is 0 Å². The molecule has 9 nitrogen and oxygen atoms in total. The molecule has 0 aliphatic carbocycles. The molecule has 1 N–H and O–H groups in total. The fourth-order valence-electron chi connectivity index (χ4n) is 3.68. The van der Waals surface area contributed by atoms with Crippen molar-refractivity contribution in [1.29, 1.82) is 0 Å². The van der Waals surface area contributed by atoms with Gasteiger partial charge in [0, 0.05) is 27.2 Å². The van der Waals surface area contributed by atoms with E-state index in [1.54, 1.807) is 38.3 Å². The maximum atomic E-state index is 13.7. The van der Waals surface area contributed by atoms with Crippen LogP contribution in [0.1, 0.15) is 38.7 Å². The summed E-state index contributed by atoms with van der Waals surface area (Å²) >= 11 is 0. The van der Waals surface area contributed by atoms with E-state index in [-0.39, 0.29) is 18.1 Å². The molecule has 2 rings (SSSR count). The summed E-state index contributed by atoms with van der Waals surface area (Å²) in [5, 5.41) is 2.88. The molecular weight excluding hydrogens is 499 g/mol. The summed E-state index contributed by atoms with van der Waals surface area (Å²) in [4.78, 5) is 28.2. The summed E-state index contributed by atoms with van der Waals surface area (Å²) in [7, 11) is 0.141. The number of methoxy groups -OCH3 is 1. The van der Waals surface area contributed by atoms with Gasteiger partial charge < -0.3 is 15.0 Å². The lowest BCUT2D eigenvalue weighted by Gasteiger charge is -2.34. The van der Waals surface area contributed by atoms with Crippen LogP contribution in [0.5, 0.6) is 5.75 Å². The Balaban J connectivity index is 2.45. The van der Waals surface area contributed by atoms with Crippen molar-refractivity contribution in [3.05, 3.63) is 59.9 Å². The molecule has 37 heavy (non-hydrogen) atoms. The van der Waals surface area contributed by atoms with Gasteiger partial charge in [-0.15, -0.1) is 0 Å². The Morgan fingerprint density at radius 2 is 1.65 bits per heavy atom. The lowest BCUT2D eigenvalue weighted by Crippen LogP contribution is -2.53. The summed E-state index contributed by atoms with van der Waals surface area (Å²) in [6.07, 6.45) is 2.03. The van der Waals surface area contributed by atoms with E-state index in [4.69, 9.17) is 4.74 Å². The number of benzene rings is 2. The Bertz CT molecular complexity index is 1120. The van der Waals surface area contributed by atoms with Crippen molar-refractivity contribution in [1.82, 2.24) is 14.5 Å². The molecular formula is C26H37FN4O5S. The zero-order valence-corrected chi connectivity index (χ0v) is 22.9. The smallest absolute Gasteiger partial charge is 0.304 e. The van der Waals surface area contributed by atoms with Crippen molar-refractivity contribution in [3.63, 3.8) is 0 Å². The number of nitrogens with one attached hydrogen (secondary N) is 1. The zero-order valence-electron chi connectivity index (χ0n) is 22.1. The SMILES string of the molecule is CCCCNC(=O)[C@H](CC)N(Cc1ccc(OC)cc1)C(=O)CN(c1ccc(F)cc1)S(=O)(=O)N(C)C. The zero-order chi connectivity index (χ0) is 27.6. The number of carbonyl (C=O) groups is 2. The molecule has 0 fully saturated rings. The van der Waals surface area contributed by atoms with E-state index in [1.165, 1.54) is 31.1 Å². The van der Waals surface area contributed by atoms with E-state index in [0.29, 0.717) is 18.7 Å². The van der Waals surface area contributed by atoms with Crippen LogP contribution in [0.3, 0.4) is 0 Å². The number of hydrogen-bond acceptors (Lipinski definition) is 5. The topological polar surface area (TPSA) is 99.3 Å². The van der Waals surface area contributed by atoms with Crippen molar-refractivity contribution in [2.24, 2.45) is 0 Å². The molecule has 0 aromatic heterocycles. The summed E-state index contributed by atoms with van der Waals surface area (Å²) in [6, 6.07) is 11.1. The molecule has 0 heterocycles. The Morgan fingerprint density at radius 3 is 2.16 bits per heavy atom. The number of ether oxygens (including phenoxy) is 1. The molecule has 0 aliphatic heterocycles. The van der Waals surface area contributed by atoms with Crippen molar-refractivity contribution in [3.8, 4) is 5.75 Å². The molecule has 0 aliphatic rings. The van der Waals surface area contributed by atoms with Crippen LogP contribution < -0.4 is 14.4 Å². The first-order valence-corrected chi connectivity index (χ1v) is 13.6. The van der Waals surface area contributed by atoms with Gasteiger partial charge in [-0.1, -0.05) is 32.4 Å².